The normalized spacial score (nSPS) is 9.77. The minimum absolute atomic E-state index is 0.740. The maximum absolute atomic E-state index is 5.07. The lowest BCUT2D eigenvalue weighted by molar-refractivity contribution is 0.494. The number of hydrogen-bond acceptors (Lipinski definition) is 2. The van der Waals surface area contributed by atoms with Gasteiger partial charge in [-0.15, -0.1) is 0 Å². The van der Waals surface area contributed by atoms with Gasteiger partial charge in [-0.3, -0.25) is 4.68 Å². The van der Waals surface area contributed by atoms with Gasteiger partial charge >= 0.3 is 0 Å². The lowest BCUT2D eigenvalue weighted by Gasteiger charge is -2.18. The quantitative estimate of drug-likeness (QED) is 0.695. The number of nitrogens with zero attached hydrogens (tertiary/aromatic N) is 3. The van der Waals surface area contributed by atoms with Crippen LogP contribution in [0.2, 0.25) is 0 Å². The van der Waals surface area contributed by atoms with Crippen molar-refractivity contribution < 1.29 is 0 Å². The van der Waals surface area contributed by atoms with Gasteiger partial charge in [-0.1, -0.05) is 0 Å². The molecule has 0 aliphatic heterocycles. The van der Waals surface area contributed by atoms with Crippen LogP contribution in [-0.2, 0) is 13.6 Å². The van der Waals surface area contributed by atoms with E-state index in [1.54, 1.807) is 4.68 Å². The van der Waals surface area contributed by atoms with Crippen molar-refractivity contribution in [2.24, 2.45) is 7.05 Å². The van der Waals surface area contributed by atoms with Gasteiger partial charge in [-0.2, -0.15) is 5.10 Å². The lowest BCUT2D eigenvalue weighted by atomic mass is 10.3. The Morgan fingerprint density at radius 1 is 1.77 bits per heavy atom. The van der Waals surface area contributed by atoms with E-state index in [1.165, 1.54) is 0 Å². The van der Waals surface area contributed by atoms with Crippen LogP contribution in [0.1, 0.15) is 5.56 Å². The number of aromatic nitrogens is 2. The highest BCUT2D eigenvalue weighted by molar-refractivity contribution is 7.80. The van der Waals surface area contributed by atoms with Crippen LogP contribution < -0.4 is 5.32 Å². The predicted molar refractivity (Wildman–Crippen MR) is 56.3 cm³/mol. The Hall–Kier alpha value is -1.10. The van der Waals surface area contributed by atoms with E-state index < -0.39 is 0 Å². The average molecular weight is 198 g/mol. The number of hydrogen-bond donors (Lipinski definition) is 1. The number of nitrogens with one attached hydrogen (secondary N) is 1. The smallest absolute Gasteiger partial charge is 0.168 e. The van der Waals surface area contributed by atoms with E-state index in [-0.39, 0.29) is 0 Å². The molecule has 0 unspecified atom stereocenters. The van der Waals surface area contributed by atoms with E-state index >= 15 is 0 Å². The summed E-state index contributed by atoms with van der Waals surface area (Å²) in [7, 11) is 5.67. The first kappa shape index (κ1) is 9.98. The van der Waals surface area contributed by atoms with Crippen LogP contribution in [0.5, 0.6) is 0 Å². The third-order valence-corrected chi connectivity index (χ3v) is 2.25. The summed E-state index contributed by atoms with van der Waals surface area (Å²) in [6.45, 7) is 0.785. The van der Waals surface area contributed by atoms with E-state index in [0.29, 0.717) is 0 Å². The fourth-order valence-electron chi connectivity index (χ4n) is 1.09. The molecule has 5 heteroatoms. The molecule has 1 aromatic rings. The molecule has 0 saturated heterocycles. The largest absolute Gasteiger partial charge is 0.366 e. The molecule has 0 atom stereocenters. The molecular formula is C8H14N4S. The summed E-state index contributed by atoms with van der Waals surface area (Å²) in [6, 6.07) is 0. The molecule has 4 nitrogen and oxygen atoms in total. The van der Waals surface area contributed by atoms with Crippen LogP contribution in [0.4, 0.5) is 0 Å². The molecular weight excluding hydrogens is 184 g/mol. The summed E-state index contributed by atoms with van der Waals surface area (Å²) in [5.74, 6) is 0. The van der Waals surface area contributed by atoms with Crippen LogP contribution in [0.3, 0.4) is 0 Å². The van der Waals surface area contributed by atoms with Gasteiger partial charge in [0.25, 0.3) is 0 Å². The van der Waals surface area contributed by atoms with Crippen LogP contribution >= 0.6 is 12.2 Å². The fourth-order valence-corrected chi connectivity index (χ4v) is 1.15. The molecule has 0 aliphatic rings. The van der Waals surface area contributed by atoms with Gasteiger partial charge in [0, 0.05) is 39.4 Å². The highest BCUT2D eigenvalue weighted by atomic mass is 32.1. The average Bonchev–Trinajstić information content (AvgIpc) is 2.49. The van der Waals surface area contributed by atoms with Gasteiger partial charge in [0.05, 0.1) is 6.20 Å². The minimum atomic E-state index is 0.740. The summed E-state index contributed by atoms with van der Waals surface area (Å²) in [4.78, 5) is 1.96. The van der Waals surface area contributed by atoms with Gasteiger partial charge in [-0.25, -0.2) is 0 Å². The number of aryl methyl sites for hydroxylation is 1. The van der Waals surface area contributed by atoms with Crippen molar-refractivity contribution >= 4 is 17.3 Å². The molecule has 0 saturated carbocycles. The van der Waals surface area contributed by atoms with Crippen LogP contribution in [-0.4, -0.2) is 33.9 Å². The van der Waals surface area contributed by atoms with Crippen molar-refractivity contribution in [2.75, 3.05) is 14.1 Å². The minimum Gasteiger partial charge on any atom is -0.366 e. The van der Waals surface area contributed by atoms with Crippen molar-refractivity contribution in [3.05, 3.63) is 18.0 Å². The molecule has 13 heavy (non-hydrogen) atoms. The second-order valence-electron chi connectivity index (χ2n) is 2.93. The number of thiocarbonyl (C=S) groups is 1. The molecule has 0 spiro atoms. The van der Waals surface area contributed by atoms with Gasteiger partial charge in [0.1, 0.15) is 0 Å². The summed E-state index contributed by atoms with van der Waals surface area (Å²) in [5.41, 5.74) is 1.16. The van der Waals surface area contributed by atoms with Crippen molar-refractivity contribution in [3.63, 3.8) is 0 Å². The standard InChI is InChI=1S/C8H14N4S/c1-9-8(13)11(2)5-7-4-10-12(3)6-7/h4,6H,5H2,1-3H3,(H,9,13). The first-order valence-electron chi connectivity index (χ1n) is 4.04. The van der Waals surface area contributed by atoms with Crippen molar-refractivity contribution in [1.82, 2.24) is 20.0 Å². The Morgan fingerprint density at radius 2 is 2.46 bits per heavy atom. The second kappa shape index (κ2) is 4.23. The summed E-state index contributed by atoms with van der Waals surface area (Å²) in [6.07, 6.45) is 3.82. The molecule has 0 aliphatic carbocycles. The highest BCUT2D eigenvalue weighted by Gasteiger charge is 2.03. The Kier molecular flexibility index (Phi) is 3.25. The Balaban J connectivity index is 2.54. The fraction of sp³-hybridized carbons (Fsp3) is 0.500. The molecule has 1 N–H and O–H groups in total. The summed E-state index contributed by atoms with van der Waals surface area (Å²) < 4.78 is 1.78. The van der Waals surface area contributed by atoms with E-state index in [1.807, 2.05) is 38.4 Å². The van der Waals surface area contributed by atoms with Gasteiger partial charge in [0.2, 0.25) is 0 Å². The van der Waals surface area contributed by atoms with Gasteiger partial charge < -0.3 is 10.2 Å². The highest BCUT2D eigenvalue weighted by Crippen LogP contribution is 2.00. The molecule has 0 radical (unpaired) electrons. The van der Waals surface area contributed by atoms with Gasteiger partial charge in [-0.05, 0) is 12.2 Å². The Labute approximate surface area is 83.5 Å². The molecule has 0 bridgehead atoms. The third kappa shape index (κ3) is 2.69. The molecule has 1 heterocycles. The van der Waals surface area contributed by atoms with E-state index in [2.05, 4.69) is 10.4 Å². The maximum Gasteiger partial charge on any atom is 0.168 e. The van der Waals surface area contributed by atoms with Crippen LogP contribution in [0, 0.1) is 0 Å². The third-order valence-electron chi connectivity index (χ3n) is 1.74. The summed E-state index contributed by atoms with van der Waals surface area (Å²) >= 11 is 5.07. The zero-order valence-electron chi connectivity index (χ0n) is 8.11. The van der Waals surface area contributed by atoms with Gasteiger partial charge in [0.15, 0.2) is 5.11 Å². The SMILES string of the molecule is CNC(=S)N(C)Cc1cnn(C)c1. The first-order chi connectivity index (χ1) is 6.13. The molecule has 0 aromatic carbocycles. The van der Waals surface area contributed by atoms with E-state index in [9.17, 15) is 0 Å². The lowest BCUT2D eigenvalue weighted by Crippen LogP contribution is -2.33. The monoisotopic (exact) mass is 198 g/mol. The molecule has 1 aromatic heterocycles. The zero-order valence-corrected chi connectivity index (χ0v) is 8.93. The molecule has 72 valence electrons. The van der Waals surface area contributed by atoms with E-state index in [0.717, 1.165) is 17.2 Å². The summed E-state index contributed by atoms with van der Waals surface area (Å²) in [5, 5.41) is 7.74. The Bertz CT molecular complexity index is 294. The van der Waals surface area contributed by atoms with Crippen molar-refractivity contribution in [1.29, 1.82) is 0 Å². The predicted octanol–water partition coefficient (Wildman–Crippen LogP) is 0.356. The molecule has 1 rings (SSSR count). The number of rotatable bonds is 2. The maximum atomic E-state index is 5.07. The van der Waals surface area contributed by atoms with Crippen molar-refractivity contribution in [3.8, 4) is 0 Å². The van der Waals surface area contributed by atoms with Crippen LogP contribution in [0.15, 0.2) is 12.4 Å². The zero-order chi connectivity index (χ0) is 9.84. The Morgan fingerprint density at radius 3 is 2.92 bits per heavy atom. The molecule has 0 amide bonds. The topological polar surface area (TPSA) is 33.1 Å². The van der Waals surface area contributed by atoms with Crippen molar-refractivity contribution in [2.45, 2.75) is 6.54 Å². The first-order valence-corrected chi connectivity index (χ1v) is 4.44. The molecule has 0 fully saturated rings. The van der Waals surface area contributed by atoms with E-state index in [4.69, 9.17) is 12.2 Å². The second-order valence-corrected chi connectivity index (χ2v) is 3.32. The van der Waals surface area contributed by atoms with Crippen LogP contribution in [0.25, 0.3) is 0 Å².